The molecular formula is C19H26N2O4. The summed E-state index contributed by atoms with van der Waals surface area (Å²) >= 11 is 0. The third kappa shape index (κ3) is 4.81. The Morgan fingerprint density at radius 2 is 1.84 bits per heavy atom. The summed E-state index contributed by atoms with van der Waals surface area (Å²) in [6.07, 6.45) is 1.39. The highest BCUT2D eigenvalue weighted by Crippen LogP contribution is 2.24. The van der Waals surface area contributed by atoms with Crippen LogP contribution in [0.2, 0.25) is 0 Å². The summed E-state index contributed by atoms with van der Waals surface area (Å²) in [6.45, 7) is 6.54. The standard InChI is InChI=1S/C19H26N2O4/c1-19(2,3)18(25)21-11-7-10-14(12-21)16(22)20-15(17(23)24)13-8-5-4-6-9-13/h4-6,8-9,14-15H,7,10-12H2,1-3H3,(H,20,22)(H,23,24)/t14?,15-/m0/s1. The first-order valence-electron chi connectivity index (χ1n) is 8.57. The molecule has 6 heteroatoms. The Balaban J connectivity index is 2.06. The Hall–Kier alpha value is -2.37. The van der Waals surface area contributed by atoms with Gasteiger partial charge in [0.25, 0.3) is 0 Å². The van der Waals surface area contributed by atoms with E-state index in [1.807, 2.05) is 20.8 Å². The Bertz CT molecular complexity index is 637. The molecule has 1 aromatic carbocycles. The predicted octanol–water partition coefficient (Wildman–Crippen LogP) is 2.21. The van der Waals surface area contributed by atoms with E-state index < -0.39 is 17.4 Å². The Morgan fingerprint density at radius 1 is 1.20 bits per heavy atom. The number of carboxylic acids is 1. The maximum Gasteiger partial charge on any atom is 0.330 e. The van der Waals surface area contributed by atoms with E-state index in [0.29, 0.717) is 25.1 Å². The molecule has 2 amide bonds. The van der Waals surface area contributed by atoms with Crippen molar-refractivity contribution >= 4 is 17.8 Å². The lowest BCUT2D eigenvalue weighted by atomic mass is 9.90. The van der Waals surface area contributed by atoms with E-state index in [2.05, 4.69) is 5.32 Å². The van der Waals surface area contributed by atoms with Crippen LogP contribution in [0.3, 0.4) is 0 Å². The molecule has 0 spiro atoms. The zero-order valence-electron chi connectivity index (χ0n) is 15.0. The van der Waals surface area contributed by atoms with Gasteiger partial charge in [0.2, 0.25) is 11.8 Å². The van der Waals surface area contributed by atoms with Gasteiger partial charge in [-0.05, 0) is 18.4 Å². The van der Waals surface area contributed by atoms with Gasteiger partial charge in [-0.2, -0.15) is 0 Å². The van der Waals surface area contributed by atoms with E-state index >= 15 is 0 Å². The third-order valence-corrected chi connectivity index (χ3v) is 4.39. The highest BCUT2D eigenvalue weighted by atomic mass is 16.4. The molecule has 0 aliphatic carbocycles. The molecule has 25 heavy (non-hydrogen) atoms. The van der Waals surface area contributed by atoms with E-state index in [1.165, 1.54) is 0 Å². The number of aliphatic carboxylic acids is 1. The number of amides is 2. The van der Waals surface area contributed by atoms with Gasteiger partial charge in [-0.25, -0.2) is 4.79 Å². The number of nitrogens with one attached hydrogen (secondary N) is 1. The second kappa shape index (κ2) is 7.68. The minimum absolute atomic E-state index is 0.0165. The van der Waals surface area contributed by atoms with Gasteiger partial charge >= 0.3 is 5.97 Å². The van der Waals surface area contributed by atoms with Crippen LogP contribution in [-0.2, 0) is 14.4 Å². The molecule has 1 fully saturated rings. The average molecular weight is 346 g/mol. The molecule has 1 saturated heterocycles. The minimum Gasteiger partial charge on any atom is -0.479 e. The van der Waals surface area contributed by atoms with Crippen molar-refractivity contribution < 1.29 is 19.5 Å². The molecule has 1 heterocycles. The van der Waals surface area contributed by atoms with E-state index in [4.69, 9.17) is 0 Å². The molecule has 1 aliphatic rings. The molecule has 2 N–H and O–H groups in total. The number of hydrogen-bond acceptors (Lipinski definition) is 3. The number of nitrogens with zero attached hydrogens (tertiary/aromatic N) is 1. The molecule has 1 aliphatic heterocycles. The Morgan fingerprint density at radius 3 is 2.40 bits per heavy atom. The number of rotatable bonds is 4. The van der Waals surface area contributed by atoms with Crippen LogP contribution in [0.4, 0.5) is 0 Å². The second-order valence-electron chi connectivity index (χ2n) is 7.53. The Kier molecular flexibility index (Phi) is 5.82. The van der Waals surface area contributed by atoms with Crippen LogP contribution in [0.5, 0.6) is 0 Å². The average Bonchev–Trinajstić information content (AvgIpc) is 2.58. The fourth-order valence-electron chi connectivity index (χ4n) is 3.04. The largest absolute Gasteiger partial charge is 0.479 e. The number of hydrogen-bond donors (Lipinski definition) is 2. The topological polar surface area (TPSA) is 86.7 Å². The molecule has 1 unspecified atom stereocenters. The first-order chi connectivity index (χ1) is 11.7. The number of benzene rings is 1. The van der Waals surface area contributed by atoms with Crippen LogP contribution < -0.4 is 5.32 Å². The van der Waals surface area contributed by atoms with Crippen LogP contribution in [-0.4, -0.2) is 40.9 Å². The van der Waals surface area contributed by atoms with Gasteiger partial charge in [-0.1, -0.05) is 51.1 Å². The quantitative estimate of drug-likeness (QED) is 0.875. The molecule has 0 aromatic heterocycles. The van der Waals surface area contributed by atoms with E-state index in [-0.39, 0.29) is 17.7 Å². The predicted molar refractivity (Wildman–Crippen MR) is 93.7 cm³/mol. The lowest BCUT2D eigenvalue weighted by Crippen LogP contribution is -2.49. The van der Waals surface area contributed by atoms with Crippen LogP contribution in [0.1, 0.15) is 45.2 Å². The van der Waals surface area contributed by atoms with E-state index in [1.54, 1.807) is 35.2 Å². The van der Waals surface area contributed by atoms with Crippen molar-refractivity contribution in [1.29, 1.82) is 0 Å². The lowest BCUT2D eigenvalue weighted by Gasteiger charge is -2.36. The van der Waals surface area contributed by atoms with Crippen LogP contribution in [0.15, 0.2) is 30.3 Å². The molecular weight excluding hydrogens is 320 g/mol. The summed E-state index contributed by atoms with van der Waals surface area (Å²) in [7, 11) is 0. The number of likely N-dealkylation sites (tertiary alicyclic amines) is 1. The third-order valence-electron chi connectivity index (χ3n) is 4.39. The zero-order valence-corrected chi connectivity index (χ0v) is 15.0. The van der Waals surface area contributed by atoms with Crippen molar-refractivity contribution in [2.45, 2.75) is 39.7 Å². The van der Waals surface area contributed by atoms with Crippen molar-refractivity contribution in [2.24, 2.45) is 11.3 Å². The van der Waals surface area contributed by atoms with Gasteiger partial charge in [-0.15, -0.1) is 0 Å². The molecule has 0 bridgehead atoms. The van der Waals surface area contributed by atoms with Crippen molar-refractivity contribution in [1.82, 2.24) is 10.2 Å². The van der Waals surface area contributed by atoms with Gasteiger partial charge in [-0.3, -0.25) is 9.59 Å². The second-order valence-corrected chi connectivity index (χ2v) is 7.53. The van der Waals surface area contributed by atoms with Gasteiger partial charge in [0.05, 0.1) is 5.92 Å². The first kappa shape index (κ1) is 19.0. The van der Waals surface area contributed by atoms with Gasteiger partial charge in [0, 0.05) is 18.5 Å². The molecule has 2 rings (SSSR count). The number of piperidine rings is 1. The number of carboxylic acid groups (broad SMARTS) is 1. The van der Waals surface area contributed by atoms with Crippen LogP contribution in [0, 0.1) is 11.3 Å². The normalized spacial score (nSPS) is 19.2. The number of carbonyl (C=O) groups excluding carboxylic acids is 2. The van der Waals surface area contributed by atoms with Crippen molar-refractivity contribution in [3.05, 3.63) is 35.9 Å². The van der Waals surface area contributed by atoms with E-state index in [9.17, 15) is 19.5 Å². The number of carbonyl (C=O) groups is 3. The summed E-state index contributed by atoms with van der Waals surface area (Å²) in [6, 6.07) is 7.54. The molecule has 0 saturated carbocycles. The fraction of sp³-hybridized carbons (Fsp3) is 0.526. The minimum atomic E-state index is -1.10. The summed E-state index contributed by atoms with van der Waals surface area (Å²) in [4.78, 5) is 38.3. The zero-order chi connectivity index (χ0) is 18.6. The highest BCUT2D eigenvalue weighted by molar-refractivity contribution is 5.87. The monoisotopic (exact) mass is 346 g/mol. The van der Waals surface area contributed by atoms with E-state index in [0.717, 1.165) is 6.42 Å². The van der Waals surface area contributed by atoms with Crippen molar-refractivity contribution in [3.8, 4) is 0 Å². The summed E-state index contributed by atoms with van der Waals surface area (Å²) in [5.74, 6) is -1.78. The SMILES string of the molecule is CC(C)(C)C(=O)N1CCCC(C(=O)N[C@H](C(=O)O)c2ccccc2)C1. The van der Waals surface area contributed by atoms with Gasteiger partial charge in [0.1, 0.15) is 0 Å². The maximum absolute atomic E-state index is 12.6. The van der Waals surface area contributed by atoms with Crippen LogP contribution in [0.25, 0.3) is 0 Å². The van der Waals surface area contributed by atoms with Crippen molar-refractivity contribution in [3.63, 3.8) is 0 Å². The molecule has 6 nitrogen and oxygen atoms in total. The van der Waals surface area contributed by atoms with Crippen molar-refractivity contribution in [2.75, 3.05) is 13.1 Å². The van der Waals surface area contributed by atoms with Gasteiger partial charge in [0.15, 0.2) is 6.04 Å². The molecule has 1 aromatic rings. The first-order valence-corrected chi connectivity index (χ1v) is 8.57. The molecule has 136 valence electrons. The van der Waals surface area contributed by atoms with Crippen LogP contribution >= 0.6 is 0 Å². The lowest BCUT2D eigenvalue weighted by molar-refractivity contribution is -0.145. The summed E-state index contributed by atoms with van der Waals surface area (Å²) < 4.78 is 0. The fourth-order valence-corrected chi connectivity index (χ4v) is 3.04. The van der Waals surface area contributed by atoms with Gasteiger partial charge < -0.3 is 15.3 Å². The smallest absolute Gasteiger partial charge is 0.330 e. The molecule has 2 atom stereocenters. The maximum atomic E-state index is 12.6. The highest BCUT2D eigenvalue weighted by Gasteiger charge is 2.34. The Labute approximate surface area is 148 Å². The summed E-state index contributed by atoms with van der Waals surface area (Å²) in [5, 5.41) is 12.1. The summed E-state index contributed by atoms with van der Waals surface area (Å²) in [5.41, 5.74) is 0.0354. The molecule has 0 radical (unpaired) electrons.